The molecule has 0 radical (unpaired) electrons. The van der Waals surface area contributed by atoms with Crippen LogP contribution in [-0.2, 0) is 29.6 Å². The Balaban J connectivity index is 1.05. The van der Waals surface area contributed by atoms with E-state index in [-0.39, 0.29) is 41.5 Å². The van der Waals surface area contributed by atoms with Crippen LogP contribution < -0.4 is 24.8 Å². The zero-order valence-corrected chi connectivity index (χ0v) is 27.7. The normalized spacial score (nSPS) is 20.7. The van der Waals surface area contributed by atoms with Gasteiger partial charge in [0, 0.05) is 38.3 Å². The molecular weight excluding hydrogens is 638 g/mol. The number of hydrogen-bond donors (Lipinski definition) is 4. The number of benzene rings is 2. The highest BCUT2D eigenvalue weighted by atomic mass is 32.2. The molecule has 2 aromatic rings. The molecule has 1 amide bonds. The highest BCUT2D eigenvalue weighted by Gasteiger charge is 2.45. The first-order valence-electron chi connectivity index (χ1n) is 15.3. The molecule has 5 rings (SSSR count). The van der Waals surface area contributed by atoms with Crippen LogP contribution in [0.1, 0.15) is 25.7 Å². The lowest BCUT2D eigenvalue weighted by Gasteiger charge is -2.38. The Bertz CT molecular complexity index is 1600. The summed E-state index contributed by atoms with van der Waals surface area (Å²) in [5, 5.41) is 16.5. The standard InChI is InChI=1S/C30H43N5O9S2/c1-34(2)12-4-11-32-45(38,39)25-6-3-5-24(15-25)42-20-23(36)18-31-22-17-30(44-19-22)9-13-35(14-10-30)46(40,41)26-7-8-28-27(16-26)33-29(37)21-43-28/h3,5-8,15-16,22-23,31-32,36H,4,9-14,17-21H2,1-2H3,(H,33,37)/t22?,23-/m0/s1. The summed E-state index contributed by atoms with van der Waals surface area (Å²) in [6, 6.07) is 10.6. The maximum absolute atomic E-state index is 13.4. The summed E-state index contributed by atoms with van der Waals surface area (Å²) in [5.74, 6) is 0.444. The first-order chi connectivity index (χ1) is 21.8. The number of aliphatic hydroxyl groups is 1. The predicted molar refractivity (Wildman–Crippen MR) is 170 cm³/mol. The minimum atomic E-state index is -3.77. The summed E-state index contributed by atoms with van der Waals surface area (Å²) in [4.78, 5) is 13.8. The number of nitrogens with one attached hydrogen (secondary N) is 3. The third-order valence-corrected chi connectivity index (χ3v) is 11.7. The highest BCUT2D eigenvalue weighted by Crippen LogP contribution is 2.38. The van der Waals surface area contributed by atoms with E-state index in [1.165, 1.54) is 28.6 Å². The second kappa shape index (κ2) is 14.5. The van der Waals surface area contributed by atoms with Crippen molar-refractivity contribution in [1.29, 1.82) is 0 Å². The summed E-state index contributed by atoms with van der Waals surface area (Å²) in [6.45, 7) is 2.24. The fourth-order valence-corrected chi connectivity index (χ4v) is 8.38. The van der Waals surface area contributed by atoms with Crippen LogP contribution in [0.15, 0.2) is 52.3 Å². The maximum atomic E-state index is 13.4. The third-order valence-electron chi connectivity index (χ3n) is 8.34. The van der Waals surface area contributed by atoms with Crippen molar-refractivity contribution in [2.75, 3.05) is 72.0 Å². The van der Waals surface area contributed by atoms with Crippen molar-refractivity contribution in [2.45, 2.75) is 53.2 Å². The van der Waals surface area contributed by atoms with Gasteiger partial charge in [0.15, 0.2) is 6.61 Å². The Morgan fingerprint density at radius 1 is 1.13 bits per heavy atom. The lowest BCUT2D eigenvalue weighted by molar-refractivity contribution is -0.118. The molecule has 2 atom stereocenters. The molecule has 254 valence electrons. The Morgan fingerprint density at radius 3 is 2.67 bits per heavy atom. The SMILES string of the molecule is CN(C)CCCNS(=O)(=O)c1cccc(OC[C@@H](O)CNC2COC3(CCN(S(=O)(=O)c4ccc5c(c4)NC(=O)CO5)CC3)C2)c1. The van der Waals surface area contributed by atoms with E-state index in [1.807, 2.05) is 19.0 Å². The lowest BCUT2D eigenvalue weighted by atomic mass is 9.88. The van der Waals surface area contributed by atoms with Crippen LogP contribution in [0.3, 0.4) is 0 Å². The number of fused-ring (bicyclic) bond motifs is 1. The number of carbonyl (C=O) groups is 1. The molecule has 14 nitrogen and oxygen atoms in total. The molecule has 46 heavy (non-hydrogen) atoms. The Morgan fingerprint density at radius 2 is 1.91 bits per heavy atom. The van der Waals surface area contributed by atoms with E-state index in [0.717, 1.165) is 6.54 Å². The number of rotatable bonds is 14. The summed E-state index contributed by atoms with van der Waals surface area (Å²) in [5.41, 5.74) is -0.109. The third kappa shape index (κ3) is 8.55. The fraction of sp³-hybridized carbons (Fsp3) is 0.567. The van der Waals surface area contributed by atoms with Gasteiger partial charge >= 0.3 is 0 Å². The molecule has 3 aliphatic rings. The van der Waals surface area contributed by atoms with Crippen molar-refractivity contribution in [2.24, 2.45) is 0 Å². The average Bonchev–Trinajstić information content (AvgIpc) is 3.42. The molecule has 3 heterocycles. The maximum Gasteiger partial charge on any atom is 0.262 e. The number of anilines is 1. The van der Waals surface area contributed by atoms with Crippen LogP contribution in [0.5, 0.6) is 11.5 Å². The van der Waals surface area contributed by atoms with E-state index in [4.69, 9.17) is 14.2 Å². The molecule has 1 spiro atoms. The van der Waals surface area contributed by atoms with Crippen LogP contribution >= 0.6 is 0 Å². The molecular formula is C30H43N5O9S2. The highest BCUT2D eigenvalue weighted by molar-refractivity contribution is 7.89. The van der Waals surface area contributed by atoms with Crippen molar-refractivity contribution in [3.8, 4) is 11.5 Å². The largest absolute Gasteiger partial charge is 0.491 e. The van der Waals surface area contributed by atoms with Gasteiger partial charge in [0.2, 0.25) is 20.0 Å². The molecule has 2 fully saturated rings. The van der Waals surface area contributed by atoms with Crippen molar-refractivity contribution < 1.29 is 40.9 Å². The monoisotopic (exact) mass is 681 g/mol. The van der Waals surface area contributed by atoms with Crippen LogP contribution in [0, 0.1) is 0 Å². The molecule has 3 aliphatic heterocycles. The second-order valence-electron chi connectivity index (χ2n) is 12.2. The fourth-order valence-electron chi connectivity index (χ4n) is 5.80. The molecule has 4 N–H and O–H groups in total. The summed E-state index contributed by atoms with van der Waals surface area (Å²) < 4.78 is 73.2. The zero-order chi connectivity index (χ0) is 33.0. The zero-order valence-electron chi connectivity index (χ0n) is 26.1. The van der Waals surface area contributed by atoms with E-state index in [9.17, 15) is 26.7 Å². The van der Waals surface area contributed by atoms with E-state index in [1.54, 1.807) is 18.2 Å². The number of hydrogen-bond acceptors (Lipinski definition) is 11. The average molecular weight is 682 g/mol. The summed E-state index contributed by atoms with van der Waals surface area (Å²) in [7, 11) is -3.59. The van der Waals surface area contributed by atoms with E-state index in [0.29, 0.717) is 69.1 Å². The van der Waals surface area contributed by atoms with Crippen molar-refractivity contribution in [1.82, 2.24) is 19.2 Å². The van der Waals surface area contributed by atoms with Gasteiger partial charge in [-0.2, -0.15) is 4.31 Å². The number of nitrogens with zero attached hydrogens (tertiary/aromatic N) is 2. The lowest BCUT2D eigenvalue weighted by Crippen LogP contribution is -2.47. The van der Waals surface area contributed by atoms with Crippen LogP contribution in [-0.4, -0.2) is 121 Å². The van der Waals surface area contributed by atoms with Gasteiger partial charge in [-0.15, -0.1) is 0 Å². The van der Waals surface area contributed by atoms with Gasteiger partial charge in [0.25, 0.3) is 5.91 Å². The Kier molecular flexibility index (Phi) is 10.9. The van der Waals surface area contributed by atoms with Crippen molar-refractivity contribution in [3.63, 3.8) is 0 Å². The van der Waals surface area contributed by atoms with E-state index < -0.39 is 31.8 Å². The number of sulfonamides is 2. The van der Waals surface area contributed by atoms with Crippen molar-refractivity contribution in [3.05, 3.63) is 42.5 Å². The summed E-state index contributed by atoms with van der Waals surface area (Å²) >= 11 is 0. The van der Waals surface area contributed by atoms with Crippen LogP contribution in [0.4, 0.5) is 5.69 Å². The van der Waals surface area contributed by atoms with Gasteiger partial charge in [-0.3, -0.25) is 4.79 Å². The molecule has 2 aromatic carbocycles. The van der Waals surface area contributed by atoms with Crippen LogP contribution in [0.25, 0.3) is 0 Å². The van der Waals surface area contributed by atoms with E-state index in [2.05, 4.69) is 15.4 Å². The first-order valence-corrected chi connectivity index (χ1v) is 18.3. The van der Waals surface area contributed by atoms with Gasteiger partial charge in [0.1, 0.15) is 24.2 Å². The second-order valence-corrected chi connectivity index (χ2v) is 15.9. The van der Waals surface area contributed by atoms with Gasteiger partial charge < -0.3 is 34.9 Å². The van der Waals surface area contributed by atoms with Crippen LogP contribution in [0.2, 0.25) is 0 Å². The quantitative estimate of drug-likeness (QED) is 0.205. The predicted octanol–water partition coefficient (Wildman–Crippen LogP) is 0.589. The van der Waals surface area contributed by atoms with Gasteiger partial charge in [0.05, 0.1) is 27.7 Å². The van der Waals surface area contributed by atoms with Gasteiger partial charge in [-0.05, 0) is 76.7 Å². The first kappa shape index (κ1) is 34.5. The molecule has 0 saturated carbocycles. The smallest absolute Gasteiger partial charge is 0.262 e. The van der Waals surface area contributed by atoms with Gasteiger partial charge in [-0.25, -0.2) is 21.6 Å². The van der Waals surface area contributed by atoms with E-state index >= 15 is 0 Å². The number of piperidine rings is 1. The molecule has 16 heteroatoms. The minimum absolute atomic E-state index is 0.0193. The molecule has 0 bridgehead atoms. The molecule has 2 saturated heterocycles. The Labute approximate surface area is 270 Å². The van der Waals surface area contributed by atoms with Crippen molar-refractivity contribution >= 4 is 31.6 Å². The Hall–Kier alpha value is -2.83. The molecule has 0 aromatic heterocycles. The number of amides is 1. The number of aliphatic hydroxyl groups excluding tert-OH is 1. The molecule has 0 aliphatic carbocycles. The summed E-state index contributed by atoms with van der Waals surface area (Å²) in [6.07, 6.45) is 1.58. The number of ether oxygens (including phenoxy) is 3. The molecule has 1 unspecified atom stereocenters. The number of carbonyl (C=O) groups excluding carboxylic acids is 1. The minimum Gasteiger partial charge on any atom is -0.491 e. The topological polar surface area (TPSA) is 176 Å². The van der Waals surface area contributed by atoms with Gasteiger partial charge in [-0.1, -0.05) is 6.07 Å².